The Morgan fingerprint density at radius 3 is 2.75 bits per heavy atom. The van der Waals surface area contributed by atoms with Crippen LogP contribution >= 0.6 is 11.6 Å². The molecule has 2 rings (SSSR count). The highest BCUT2D eigenvalue weighted by Gasteiger charge is 2.05. The van der Waals surface area contributed by atoms with Crippen LogP contribution in [-0.4, -0.2) is 11.3 Å². The number of rotatable bonds is 2. The van der Waals surface area contributed by atoms with Gasteiger partial charge in [0, 0.05) is 22.5 Å². The molecule has 0 N–H and O–H groups in total. The molecular formula is C13H10ClNO. The minimum Gasteiger partial charge on any atom is -0.298 e. The van der Waals surface area contributed by atoms with Gasteiger partial charge in [-0.25, -0.2) is 0 Å². The smallest absolute Gasteiger partial charge is 0.150 e. The number of hydrogen-bond acceptors (Lipinski definition) is 2. The number of carbonyl (C=O) groups excluding carboxylic acids is 1. The number of nitrogens with zero attached hydrogens (tertiary/aromatic N) is 1. The fraction of sp³-hybridized carbons (Fsp3) is 0.0769. The molecule has 0 fully saturated rings. The standard InChI is InChI=1S/C13H10ClNO/c1-9-6-10(4-5-15-9)13-7-12(14)3-2-11(13)8-16/h2-8H,1H3. The van der Waals surface area contributed by atoms with E-state index >= 15 is 0 Å². The number of pyridine rings is 1. The van der Waals surface area contributed by atoms with E-state index in [-0.39, 0.29) is 0 Å². The summed E-state index contributed by atoms with van der Waals surface area (Å²) >= 11 is 5.93. The molecule has 0 aliphatic heterocycles. The molecule has 0 radical (unpaired) electrons. The maximum absolute atomic E-state index is 10.9. The number of aromatic nitrogens is 1. The normalized spacial score (nSPS) is 10.1. The largest absolute Gasteiger partial charge is 0.298 e. The first kappa shape index (κ1) is 10.8. The van der Waals surface area contributed by atoms with Crippen molar-refractivity contribution in [2.75, 3.05) is 0 Å². The molecule has 0 bridgehead atoms. The van der Waals surface area contributed by atoms with Crippen LogP contribution in [0, 0.1) is 6.92 Å². The molecule has 0 amide bonds. The first-order chi connectivity index (χ1) is 7.70. The highest BCUT2D eigenvalue weighted by atomic mass is 35.5. The van der Waals surface area contributed by atoms with Gasteiger partial charge in [-0.05, 0) is 48.4 Å². The Morgan fingerprint density at radius 1 is 1.25 bits per heavy atom. The van der Waals surface area contributed by atoms with Gasteiger partial charge in [-0.2, -0.15) is 0 Å². The van der Waals surface area contributed by atoms with Crippen LogP contribution in [-0.2, 0) is 0 Å². The van der Waals surface area contributed by atoms with E-state index in [1.807, 2.05) is 19.1 Å². The van der Waals surface area contributed by atoms with E-state index in [9.17, 15) is 4.79 Å². The fourth-order valence-electron chi connectivity index (χ4n) is 1.59. The summed E-state index contributed by atoms with van der Waals surface area (Å²) in [6.07, 6.45) is 2.56. The maximum atomic E-state index is 10.9. The van der Waals surface area contributed by atoms with Crippen LogP contribution < -0.4 is 0 Å². The minimum absolute atomic E-state index is 0.620. The number of aldehydes is 1. The number of carbonyl (C=O) groups is 1. The summed E-state index contributed by atoms with van der Waals surface area (Å²) in [4.78, 5) is 15.1. The van der Waals surface area contributed by atoms with Gasteiger partial charge >= 0.3 is 0 Å². The van der Waals surface area contributed by atoms with Crippen molar-refractivity contribution < 1.29 is 4.79 Å². The van der Waals surface area contributed by atoms with Crippen LogP contribution in [0.25, 0.3) is 11.1 Å². The Balaban J connectivity index is 2.62. The van der Waals surface area contributed by atoms with Gasteiger partial charge < -0.3 is 0 Å². The average Bonchev–Trinajstić information content (AvgIpc) is 2.29. The molecule has 3 heteroatoms. The Morgan fingerprint density at radius 2 is 2.06 bits per heavy atom. The van der Waals surface area contributed by atoms with Gasteiger partial charge in [0.15, 0.2) is 6.29 Å². The molecule has 1 aromatic heterocycles. The average molecular weight is 232 g/mol. The molecular weight excluding hydrogens is 222 g/mol. The van der Waals surface area contributed by atoms with E-state index in [0.29, 0.717) is 10.6 Å². The molecule has 1 heterocycles. The van der Waals surface area contributed by atoms with E-state index in [4.69, 9.17) is 11.6 Å². The third-order valence-corrected chi connectivity index (χ3v) is 2.59. The molecule has 16 heavy (non-hydrogen) atoms. The first-order valence-corrected chi connectivity index (χ1v) is 5.26. The number of halogens is 1. The zero-order valence-corrected chi connectivity index (χ0v) is 9.53. The van der Waals surface area contributed by atoms with E-state index < -0.39 is 0 Å². The van der Waals surface area contributed by atoms with E-state index in [0.717, 1.165) is 23.1 Å². The van der Waals surface area contributed by atoms with Gasteiger partial charge in [0.05, 0.1) is 0 Å². The summed E-state index contributed by atoms with van der Waals surface area (Å²) in [5.74, 6) is 0. The topological polar surface area (TPSA) is 30.0 Å². The molecule has 2 aromatic rings. The van der Waals surface area contributed by atoms with Crippen LogP contribution in [0.4, 0.5) is 0 Å². The third kappa shape index (κ3) is 2.12. The van der Waals surface area contributed by atoms with Crippen molar-refractivity contribution in [2.45, 2.75) is 6.92 Å². The minimum atomic E-state index is 0.620. The van der Waals surface area contributed by atoms with Crippen molar-refractivity contribution in [3.8, 4) is 11.1 Å². The van der Waals surface area contributed by atoms with E-state index in [2.05, 4.69) is 4.98 Å². The van der Waals surface area contributed by atoms with Crippen molar-refractivity contribution in [3.63, 3.8) is 0 Å². The molecule has 1 aromatic carbocycles. The summed E-state index contributed by atoms with van der Waals surface area (Å²) < 4.78 is 0. The number of aryl methyl sites for hydroxylation is 1. The second-order valence-corrected chi connectivity index (χ2v) is 3.97. The lowest BCUT2D eigenvalue weighted by molar-refractivity contribution is 0.112. The molecule has 2 nitrogen and oxygen atoms in total. The predicted octanol–water partition coefficient (Wildman–Crippen LogP) is 3.52. The lowest BCUT2D eigenvalue weighted by atomic mass is 10.0. The Labute approximate surface area is 98.9 Å². The van der Waals surface area contributed by atoms with Crippen molar-refractivity contribution in [2.24, 2.45) is 0 Å². The Bertz CT molecular complexity index is 537. The van der Waals surface area contributed by atoms with Gasteiger partial charge in [-0.15, -0.1) is 0 Å². The molecule has 0 saturated carbocycles. The molecule has 0 saturated heterocycles. The second kappa shape index (κ2) is 4.45. The van der Waals surface area contributed by atoms with Crippen molar-refractivity contribution in [3.05, 3.63) is 52.8 Å². The summed E-state index contributed by atoms with van der Waals surface area (Å²) in [5, 5.41) is 0.620. The Kier molecular flexibility index (Phi) is 3.02. The monoisotopic (exact) mass is 231 g/mol. The van der Waals surface area contributed by atoms with Gasteiger partial charge in [0.2, 0.25) is 0 Å². The quantitative estimate of drug-likeness (QED) is 0.741. The molecule has 0 atom stereocenters. The second-order valence-electron chi connectivity index (χ2n) is 3.54. The van der Waals surface area contributed by atoms with Crippen LogP contribution in [0.3, 0.4) is 0 Å². The summed E-state index contributed by atoms with van der Waals surface area (Å²) in [5.41, 5.74) is 3.34. The fourth-order valence-corrected chi connectivity index (χ4v) is 1.77. The van der Waals surface area contributed by atoms with Crippen molar-refractivity contribution in [1.82, 2.24) is 4.98 Å². The zero-order valence-electron chi connectivity index (χ0n) is 8.77. The van der Waals surface area contributed by atoms with Crippen LogP contribution in [0.1, 0.15) is 16.1 Å². The summed E-state index contributed by atoms with van der Waals surface area (Å²) in [6, 6.07) is 9.02. The maximum Gasteiger partial charge on any atom is 0.150 e. The molecule has 80 valence electrons. The van der Waals surface area contributed by atoms with Gasteiger partial charge in [-0.3, -0.25) is 9.78 Å². The van der Waals surface area contributed by atoms with Crippen molar-refractivity contribution >= 4 is 17.9 Å². The zero-order chi connectivity index (χ0) is 11.5. The molecule has 0 spiro atoms. The lowest BCUT2D eigenvalue weighted by Gasteiger charge is -2.06. The third-order valence-electron chi connectivity index (χ3n) is 2.35. The highest BCUT2D eigenvalue weighted by molar-refractivity contribution is 6.31. The highest BCUT2D eigenvalue weighted by Crippen LogP contribution is 2.26. The van der Waals surface area contributed by atoms with Gasteiger partial charge in [0.25, 0.3) is 0 Å². The van der Waals surface area contributed by atoms with Crippen LogP contribution in [0.15, 0.2) is 36.5 Å². The first-order valence-electron chi connectivity index (χ1n) is 4.88. The Hall–Kier alpha value is -1.67. The number of benzene rings is 1. The molecule has 0 unspecified atom stereocenters. The SMILES string of the molecule is Cc1cc(-c2cc(Cl)ccc2C=O)ccn1. The molecule has 0 aliphatic rings. The van der Waals surface area contributed by atoms with Crippen LogP contribution in [0.5, 0.6) is 0 Å². The lowest BCUT2D eigenvalue weighted by Crippen LogP contribution is -1.89. The predicted molar refractivity (Wildman–Crippen MR) is 64.8 cm³/mol. The van der Waals surface area contributed by atoms with Crippen LogP contribution in [0.2, 0.25) is 5.02 Å². The van der Waals surface area contributed by atoms with Gasteiger partial charge in [0.1, 0.15) is 0 Å². The number of hydrogen-bond donors (Lipinski definition) is 0. The van der Waals surface area contributed by atoms with Gasteiger partial charge in [-0.1, -0.05) is 11.6 Å². The summed E-state index contributed by atoms with van der Waals surface area (Å²) in [7, 11) is 0. The van der Waals surface area contributed by atoms with E-state index in [1.165, 1.54) is 0 Å². The summed E-state index contributed by atoms with van der Waals surface area (Å²) in [6.45, 7) is 1.91. The molecule has 0 aliphatic carbocycles. The van der Waals surface area contributed by atoms with Crippen molar-refractivity contribution in [1.29, 1.82) is 0 Å². The van der Waals surface area contributed by atoms with E-state index in [1.54, 1.807) is 24.4 Å².